The zero-order valence-electron chi connectivity index (χ0n) is 14.0. The molecule has 0 spiro atoms. The average molecular weight is 343 g/mol. The van der Waals surface area contributed by atoms with Gasteiger partial charge >= 0.3 is 5.97 Å². The van der Waals surface area contributed by atoms with Crippen LogP contribution in [0, 0.1) is 19.7 Å². The molecule has 3 rings (SSSR count). The number of halogens is 1. The van der Waals surface area contributed by atoms with Crippen LogP contribution < -0.4 is 5.56 Å². The average Bonchev–Trinajstić information content (AvgIpc) is 2.80. The van der Waals surface area contributed by atoms with Gasteiger partial charge < -0.3 is 9.67 Å². The molecule has 1 aromatic carbocycles. The highest BCUT2D eigenvalue weighted by atomic mass is 19.1. The van der Waals surface area contributed by atoms with Crippen LogP contribution in [0.5, 0.6) is 0 Å². The lowest BCUT2D eigenvalue weighted by molar-refractivity contribution is -0.137. The first-order valence-corrected chi connectivity index (χ1v) is 7.95. The molecule has 130 valence electrons. The summed E-state index contributed by atoms with van der Waals surface area (Å²) in [6.45, 7) is 4.22. The maximum atomic E-state index is 13.5. The summed E-state index contributed by atoms with van der Waals surface area (Å²) in [5.41, 5.74) is 1.67. The first kappa shape index (κ1) is 16.9. The van der Waals surface area contributed by atoms with E-state index in [0.717, 1.165) is 16.8 Å². The van der Waals surface area contributed by atoms with E-state index in [-0.39, 0.29) is 12.0 Å². The van der Waals surface area contributed by atoms with Crippen molar-refractivity contribution in [1.82, 2.24) is 14.3 Å². The Morgan fingerprint density at radius 2 is 2.04 bits per heavy atom. The summed E-state index contributed by atoms with van der Waals surface area (Å²) < 4.78 is 16.6. The number of aromatic nitrogens is 3. The van der Waals surface area contributed by atoms with Crippen LogP contribution in [0.4, 0.5) is 4.39 Å². The number of aryl methyl sites for hydroxylation is 2. The molecule has 2 aromatic heterocycles. The van der Waals surface area contributed by atoms with Crippen molar-refractivity contribution in [2.75, 3.05) is 0 Å². The topological polar surface area (TPSA) is 77.1 Å². The smallest absolute Gasteiger partial charge is 0.303 e. The molecule has 0 amide bonds. The number of nitrogens with zero attached hydrogens (tertiary/aromatic N) is 3. The Kier molecular flexibility index (Phi) is 4.39. The highest BCUT2D eigenvalue weighted by Crippen LogP contribution is 2.23. The van der Waals surface area contributed by atoms with Crippen LogP contribution in [0.1, 0.15) is 24.2 Å². The number of carboxylic acids is 1. The van der Waals surface area contributed by atoms with Gasteiger partial charge in [0.2, 0.25) is 0 Å². The molecule has 0 fully saturated rings. The minimum atomic E-state index is -0.845. The predicted molar refractivity (Wildman–Crippen MR) is 91.6 cm³/mol. The lowest BCUT2D eigenvalue weighted by Crippen LogP contribution is -2.21. The van der Waals surface area contributed by atoms with Crippen molar-refractivity contribution >= 4 is 16.7 Å². The van der Waals surface area contributed by atoms with E-state index in [9.17, 15) is 14.0 Å². The van der Waals surface area contributed by atoms with E-state index >= 15 is 0 Å². The summed E-state index contributed by atoms with van der Waals surface area (Å²) in [6.07, 6.45) is 2.14. The van der Waals surface area contributed by atoms with Crippen LogP contribution in [-0.4, -0.2) is 25.4 Å². The van der Waals surface area contributed by atoms with Gasteiger partial charge in [0.05, 0.1) is 17.3 Å². The minimum absolute atomic E-state index is 0.0686. The molecule has 3 aromatic rings. The maximum Gasteiger partial charge on any atom is 0.303 e. The van der Waals surface area contributed by atoms with Gasteiger partial charge in [-0.3, -0.25) is 9.59 Å². The van der Waals surface area contributed by atoms with Gasteiger partial charge in [-0.25, -0.2) is 4.39 Å². The molecular formula is C18H18FN3O3. The van der Waals surface area contributed by atoms with Crippen molar-refractivity contribution in [1.29, 1.82) is 0 Å². The summed E-state index contributed by atoms with van der Waals surface area (Å²) in [5.74, 6) is -1.28. The normalized spacial score (nSPS) is 11.2. The van der Waals surface area contributed by atoms with Gasteiger partial charge in [0.1, 0.15) is 5.82 Å². The standard InChI is InChI=1S/C18H18FN3O3/c1-11-15-10-20-22(14-6-3-5-13(19)9-14)18(25)17(15)12(2)21(11)8-4-7-16(23)24/h3,5-6,9-10H,4,7-8H2,1-2H3,(H,23,24). The molecule has 0 bridgehead atoms. The van der Waals surface area contributed by atoms with Crippen molar-refractivity contribution in [3.63, 3.8) is 0 Å². The molecular weight excluding hydrogens is 325 g/mol. The highest BCUT2D eigenvalue weighted by Gasteiger charge is 2.17. The molecule has 0 radical (unpaired) electrons. The third-order valence-electron chi connectivity index (χ3n) is 4.36. The predicted octanol–water partition coefficient (Wildman–Crippen LogP) is 2.81. The quantitative estimate of drug-likeness (QED) is 0.773. The van der Waals surface area contributed by atoms with Gasteiger partial charge in [0.25, 0.3) is 5.56 Å². The van der Waals surface area contributed by atoms with Crippen LogP contribution in [0.3, 0.4) is 0 Å². The van der Waals surface area contributed by atoms with Crippen molar-refractivity contribution in [3.05, 3.63) is 58.0 Å². The van der Waals surface area contributed by atoms with E-state index in [1.165, 1.54) is 22.9 Å². The molecule has 6 nitrogen and oxygen atoms in total. The second-order valence-corrected chi connectivity index (χ2v) is 5.95. The number of fused-ring (bicyclic) bond motifs is 1. The van der Waals surface area contributed by atoms with Crippen LogP contribution in [-0.2, 0) is 11.3 Å². The molecule has 0 aliphatic carbocycles. The molecule has 0 atom stereocenters. The Bertz CT molecular complexity index is 1020. The summed E-state index contributed by atoms with van der Waals surface area (Å²) in [6, 6.07) is 5.71. The van der Waals surface area contributed by atoms with Crippen LogP contribution >= 0.6 is 0 Å². The summed E-state index contributed by atoms with van der Waals surface area (Å²) in [4.78, 5) is 23.6. The minimum Gasteiger partial charge on any atom is -0.481 e. The molecule has 0 unspecified atom stereocenters. The fourth-order valence-electron chi connectivity index (χ4n) is 3.13. The summed E-state index contributed by atoms with van der Waals surface area (Å²) in [7, 11) is 0. The monoisotopic (exact) mass is 343 g/mol. The molecule has 0 saturated carbocycles. The summed E-state index contributed by atoms with van der Waals surface area (Å²) in [5, 5.41) is 14.2. The number of rotatable bonds is 5. The molecule has 0 aliphatic rings. The number of benzene rings is 1. The lowest BCUT2D eigenvalue weighted by atomic mass is 10.2. The Hall–Kier alpha value is -2.96. The van der Waals surface area contributed by atoms with E-state index in [4.69, 9.17) is 5.11 Å². The zero-order chi connectivity index (χ0) is 18.1. The number of carbonyl (C=O) groups is 1. The SMILES string of the molecule is Cc1c2cnn(-c3cccc(F)c3)c(=O)c2c(C)n1CCCC(=O)O. The van der Waals surface area contributed by atoms with Crippen molar-refractivity contribution in [2.24, 2.45) is 0 Å². The number of carboxylic acid groups (broad SMARTS) is 1. The van der Waals surface area contributed by atoms with E-state index in [1.54, 1.807) is 12.3 Å². The maximum absolute atomic E-state index is 13.5. The van der Waals surface area contributed by atoms with Crippen LogP contribution in [0.25, 0.3) is 16.5 Å². The molecule has 7 heteroatoms. The zero-order valence-corrected chi connectivity index (χ0v) is 14.0. The Labute approximate surface area is 143 Å². The van der Waals surface area contributed by atoms with Crippen molar-refractivity contribution < 1.29 is 14.3 Å². The van der Waals surface area contributed by atoms with Gasteiger partial charge in [0, 0.05) is 29.7 Å². The second kappa shape index (κ2) is 6.51. The number of hydrogen-bond donors (Lipinski definition) is 1. The van der Waals surface area contributed by atoms with Crippen LogP contribution in [0.15, 0.2) is 35.3 Å². The van der Waals surface area contributed by atoms with E-state index in [0.29, 0.717) is 24.0 Å². The van der Waals surface area contributed by atoms with Crippen LogP contribution in [0.2, 0.25) is 0 Å². The Morgan fingerprint density at radius 3 is 2.72 bits per heavy atom. The molecule has 0 saturated heterocycles. The first-order valence-electron chi connectivity index (χ1n) is 7.95. The molecule has 1 N–H and O–H groups in total. The third kappa shape index (κ3) is 3.05. The van der Waals surface area contributed by atoms with Gasteiger partial charge in [-0.2, -0.15) is 9.78 Å². The van der Waals surface area contributed by atoms with E-state index in [1.807, 2.05) is 18.4 Å². The fourth-order valence-corrected chi connectivity index (χ4v) is 3.13. The highest BCUT2D eigenvalue weighted by molar-refractivity contribution is 5.87. The molecule has 2 heterocycles. The van der Waals surface area contributed by atoms with Gasteiger partial charge in [0.15, 0.2) is 0 Å². The van der Waals surface area contributed by atoms with Gasteiger partial charge in [-0.15, -0.1) is 0 Å². The van der Waals surface area contributed by atoms with Gasteiger partial charge in [-0.05, 0) is 38.5 Å². The van der Waals surface area contributed by atoms with Crippen molar-refractivity contribution in [2.45, 2.75) is 33.2 Å². The van der Waals surface area contributed by atoms with E-state index in [2.05, 4.69) is 5.10 Å². The molecule has 25 heavy (non-hydrogen) atoms. The number of aliphatic carboxylic acids is 1. The third-order valence-corrected chi connectivity index (χ3v) is 4.36. The largest absolute Gasteiger partial charge is 0.481 e. The van der Waals surface area contributed by atoms with Gasteiger partial charge in [-0.1, -0.05) is 6.07 Å². The summed E-state index contributed by atoms with van der Waals surface area (Å²) >= 11 is 0. The van der Waals surface area contributed by atoms with Crippen molar-refractivity contribution in [3.8, 4) is 5.69 Å². The molecule has 0 aliphatic heterocycles. The Balaban J connectivity index is 2.11. The first-order chi connectivity index (χ1) is 11.9. The fraction of sp³-hybridized carbons (Fsp3) is 0.278. The number of hydrogen-bond acceptors (Lipinski definition) is 3. The Morgan fingerprint density at radius 1 is 1.28 bits per heavy atom. The second-order valence-electron chi connectivity index (χ2n) is 5.95. The lowest BCUT2D eigenvalue weighted by Gasteiger charge is -2.07. The van der Waals surface area contributed by atoms with E-state index < -0.39 is 11.8 Å².